The number of carbonyl (C=O) groups excluding carboxylic acids is 3. The van der Waals surface area contributed by atoms with Crippen molar-refractivity contribution in [3.05, 3.63) is 58.1 Å². The summed E-state index contributed by atoms with van der Waals surface area (Å²) in [6.07, 6.45) is 0. The van der Waals surface area contributed by atoms with Crippen molar-refractivity contribution in [1.29, 1.82) is 0 Å². The summed E-state index contributed by atoms with van der Waals surface area (Å²) < 4.78 is 0.971. The number of benzene rings is 2. The van der Waals surface area contributed by atoms with E-state index in [0.29, 0.717) is 23.5 Å². The fraction of sp³-hybridized carbons (Fsp3) is 0.211. The average Bonchev–Trinajstić information content (AvgIpc) is 2.54. The molecule has 7 heteroatoms. The Labute approximate surface area is 160 Å². The molecule has 0 aromatic heterocycles. The standard InChI is InChI=1S/C19H20BrN3O3/c1-12(24)21-17-8-15(9-18(10-17)22-13(2)25)19(26)23(3)11-14-4-6-16(20)7-5-14/h4-10H,11H2,1-3H3,(H,21,24)(H,22,25). The Hall–Kier alpha value is -2.67. The van der Waals surface area contributed by atoms with Crippen molar-refractivity contribution in [3.8, 4) is 0 Å². The quantitative estimate of drug-likeness (QED) is 0.779. The fourth-order valence-electron chi connectivity index (χ4n) is 2.46. The second-order valence-corrected chi connectivity index (χ2v) is 6.86. The van der Waals surface area contributed by atoms with Crippen LogP contribution in [-0.2, 0) is 16.1 Å². The van der Waals surface area contributed by atoms with Gasteiger partial charge in [-0.1, -0.05) is 28.1 Å². The number of nitrogens with zero attached hydrogens (tertiary/aromatic N) is 1. The van der Waals surface area contributed by atoms with Gasteiger partial charge < -0.3 is 15.5 Å². The first-order valence-corrected chi connectivity index (χ1v) is 8.74. The number of hydrogen-bond acceptors (Lipinski definition) is 3. The third-order valence-electron chi connectivity index (χ3n) is 3.50. The Bertz CT molecular complexity index is 800. The van der Waals surface area contributed by atoms with Crippen LogP contribution < -0.4 is 10.6 Å². The Morgan fingerprint density at radius 3 is 1.88 bits per heavy atom. The normalized spacial score (nSPS) is 10.2. The van der Waals surface area contributed by atoms with Crippen LogP contribution in [0.2, 0.25) is 0 Å². The molecule has 26 heavy (non-hydrogen) atoms. The number of anilines is 2. The van der Waals surface area contributed by atoms with Crippen molar-refractivity contribution in [2.75, 3.05) is 17.7 Å². The van der Waals surface area contributed by atoms with Gasteiger partial charge in [-0.2, -0.15) is 0 Å². The third kappa shape index (κ3) is 5.70. The van der Waals surface area contributed by atoms with Gasteiger partial charge in [0, 0.05) is 48.9 Å². The van der Waals surface area contributed by atoms with Crippen LogP contribution in [-0.4, -0.2) is 29.7 Å². The summed E-state index contributed by atoms with van der Waals surface area (Å²) in [5.74, 6) is -0.732. The number of halogens is 1. The first-order chi connectivity index (χ1) is 12.2. The van der Waals surface area contributed by atoms with Gasteiger partial charge in [0.1, 0.15) is 0 Å². The number of carbonyl (C=O) groups is 3. The van der Waals surface area contributed by atoms with Gasteiger partial charge in [-0.05, 0) is 35.9 Å². The van der Waals surface area contributed by atoms with E-state index in [4.69, 9.17) is 0 Å². The van der Waals surface area contributed by atoms with Crippen LogP contribution in [0.25, 0.3) is 0 Å². The first-order valence-electron chi connectivity index (χ1n) is 7.95. The zero-order valence-corrected chi connectivity index (χ0v) is 16.4. The molecule has 3 amide bonds. The summed E-state index contributed by atoms with van der Waals surface area (Å²) in [7, 11) is 1.70. The maximum Gasteiger partial charge on any atom is 0.254 e. The highest BCUT2D eigenvalue weighted by Gasteiger charge is 2.15. The van der Waals surface area contributed by atoms with E-state index in [1.54, 1.807) is 30.1 Å². The molecule has 0 saturated heterocycles. The molecule has 2 aromatic rings. The molecular formula is C19H20BrN3O3. The predicted molar refractivity (Wildman–Crippen MR) is 105 cm³/mol. The van der Waals surface area contributed by atoms with Crippen LogP contribution >= 0.6 is 15.9 Å². The minimum Gasteiger partial charge on any atom is -0.337 e. The van der Waals surface area contributed by atoms with E-state index < -0.39 is 0 Å². The lowest BCUT2D eigenvalue weighted by molar-refractivity contribution is -0.115. The molecular weight excluding hydrogens is 398 g/mol. The van der Waals surface area contributed by atoms with Crippen molar-refractivity contribution in [3.63, 3.8) is 0 Å². The molecule has 2 rings (SSSR count). The smallest absolute Gasteiger partial charge is 0.254 e. The van der Waals surface area contributed by atoms with Gasteiger partial charge in [0.2, 0.25) is 11.8 Å². The Morgan fingerprint density at radius 1 is 0.923 bits per heavy atom. The van der Waals surface area contributed by atoms with Gasteiger partial charge in [-0.15, -0.1) is 0 Å². The fourth-order valence-corrected chi connectivity index (χ4v) is 2.72. The number of hydrogen-bond donors (Lipinski definition) is 2. The minimum absolute atomic E-state index is 0.216. The van der Waals surface area contributed by atoms with Crippen LogP contribution in [0.15, 0.2) is 46.9 Å². The van der Waals surface area contributed by atoms with Gasteiger partial charge >= 0.3 is 0 Å². The number of nitrogens with one attached hydrogen (secondary N) is 2. The summed E-state index contributed by atoms with van der Waals surface area (Å²) in [6.45, 7) is 3.20. The van der Waals surface area contributed by atoms with Crippen LogP contribution in [0.5, 0.6) is 0 Å². The van der Waals surface area contributed by atoms with Crippen LogP contribution in [0, 0.1) is 0 Å². The molecule has 0 atom stereocenters. The summed E-state index contributed by atoms with van der Waals surface area (Å²) in [4.78, 5) is 37.0. The topological polar surface area (TPSA) is 78.5 Å². The lowest BCUT2D eigenvalue weighted by Crippen LogP contribution is -2.26. The summed E-state index contributed by atoms with van der Waals surface area (Å²) in [6, 6.07) is 12.5. The van der Waals surface area contributed by atoms with Crippen molar-refractivity contribution < 1.29 is 14.4 Å². The molecule has 0 heterocycles. The van der Waals surface area contributed by atoms with E-state index in [1.165, 1.54) is 13.8 Å². The molecule has 0 aliphatic rings. The summed E-state index contributed by atoms with van der Waals surface area (Å²) in [5.41, 5.74) is 2.26. The van der Waals surface area contributed by atoms with Crippen molar-refractivity contribution >= 4 is 45.0 Å². The summed E-state index contributed by atoms with van der Waals surface area (Å²) in [5, 5.41) is 5.28. The predicted octanol–water partition coefficient (Wildman–Crippen LogP) is 3.64. The largest absolute Gasteiger partial charge is 0.337 e. The van der Waals surface area contributed by atoms with E-state index in [0.717, 1.165) is 10.0 Å². The van der Waals surface area contributed by atoms with E-state index >= 15 is 0 Å². The molecule has 0 aliphatic carbocycles. The molecule has 0 radical (unpaired) electrons. The molecule has 6 nitrogen and oxygen atoms in total. The molecule has 0 fully saturated rings. The minimum atomic E-state index is -0.258. The highest BCUT2D eigenvalue weighted by Crippen LogP contribution is 2.21. The molecule has 2 N–H and O–H groups in total. The van der Waals surface area contributed by atoms with Crippen molar-refractivity contribution in [2.24, 2.45) is 0 Å². The molecule has 2 aromatic carbocycles. The molecule has 136 valence electrons. The second kappa shape index (κ2) is 8.62. The maximum atomic E-state index is 12.8. The zero-order chi connectivity index (χ0) is 19.3. The molecule has 0 spiro atoms. The first kappa shape index (κ1) is 19.7. The van der Waals surface area contributed by atoms with Crippen LogP contribution in [0.1, 0.15) is 29.8 Å². The third-order valence-corrected chi connectivity index (χ3v) is 4.03. The van der Waals surface area contributed by atoms with Gasteiger partial charge in [0.25, 0.3) is 5.91 Å². The van der Waals surface area contributed by atoms with E-state index in [2.05, 4.69) is 26.6 Å². The summed E-state index contributed by atoms with van der Waals surface area (Å²) >= 11 is 3.38. The lowest BCUT2D eigenvalue weighted by Gasteiger charge is -2.19. The molecule has 0 bridgehead atoms. The monoisotopic (exact) mass is 417 g/mol. The van der Waals surface area contributed by atoms with Gasteiger partial charge in [-0.3, -0.25) is 14.4 Å². The number of amides is 3. The Morgan fingerprint density at radius 2 is 1.42 bits per heavy atom. The van der Waals surface area contributed by atoms with Crippen LogP contribution in [0.4, 0.5) is 11.4 Å². The van der Waals surface area contributed by atoms with E-state index in [-0.39, 0.29) is 17.7 Å². The highest BCUT2D eigenvalue weighted by atomic mass is 79.9. The maximum absolute atomic E-state index is 12.8. The second-order valence-electron chi connectivity index (χ2n) is 5.95. The molecule has 0 saturated carbocycles. The number of rotatable bonds is 5. The van der Waals surface area contributed by atoms with Crippen molar-refractivity contribution in [2.45, 2.75) is 20.4 Å². The average molecular weight is 418 g/mol. The highest BCUT2D eigenvalue weighted by molar-refractivity contribution is 9.10. The van der Waals surface area contributed by atoms with E-state index in [1.807, 2.05) is 24.3 Å². The van der Waals surface area contributed by atoms with Crippen molar-refractivity contribution in [1.82, 2.24) is 4.90 Å². The Kier molecular flexibility index (Phi) is 6.52. The SMILES string of the molecule is CC(=O)Nc1cc(NC(C)=O)cc(C(=O)N(C)Cc2ccc(Br)cc2)c1. The van der Waals surface area contributed by atoms with Crippen LogP contribution in [0.3, 0.4) is 0 Å². The van der Waals surface area contributed by atoms with E-state index in [9.17, 15) is 14.4 Å². The molecule has 0 unspecified atom stereocenters. The Balaban J connectivity index is 2.25. The zero-order valence-electron chi connectivity index (χ0n) is 14.8. The van der Waals surface area contributed by atoms with Gasteiger partial charge in [0.05, 0.1) is 0 Å². The van der Waals surface area contributed by atoms with Gasteiger partial charge in [-0.25, -0.2) is 0 Å². The lowest BCUT2D eigenvalue weighted by atomic mass is 10.1. The van der Waals surface area contributed by atoms with Gasteiger partial charge in [0.15, 0.2) is 0 Å². The molecule has 0 aliphatic heterocycles.